The summed E-state index contributed by atoms with van der Waals surface area (Å²) in [6, 6.07) is 10.5. The van der Waals surface area contributed by atoms with E-state index in [9.17, 15) is 4.79 Å². The first-order valence-electron chi connectivity index (χ1n) is 8.93. The van der Waals surface area contributed by atoms with Crippen LogP contribution in [0.3, 0.4) is 0 Å². The fraction of sp³-hybridized carbons (Fsp3) is 0.182. The summed E-state index contributed by atoms with van der Waals surface area (Å²) in [5.74, 6) is 3.83. The molecule has 0 spiro atoms. The third kappa shape index (κ3) is 4.88. The van der Waals surface area contributed by atoms with E-state index in [1.807, 2.05) is 6.07 Å². The lowest BCUT2D eigenvalue weighted by atomic mass is 10.1. The topological polar surface area (TPSA) is 65.4 Å². The normalized spacial score (nSPS) is 10.4. The van der Waals surface area contributed by atoms with Crippen LogP contribution in [-0.2, 0) is 18.3 Å². The molecule has 1 aromatic heterocycles. The number of rotatable bonds is 7. The van der Waals surface area contributed by atoms with E-state index < -0.39 is 0 Å². The van der Waals surface area contributed by atoms with Crippen molar-refractivity contribution >= 4 is 34.9 Å². The van der Waals surface area contributed by atoms with E-state index in [2.05, 4.69) is 16.3 Å². The minimum Gasteiger partial charge on any atom is -0.493 e. The summed E-state index contributed by atoms with van der Waals surface area (Å²) < 4.78 is 12.5. The summed E-state index contributed by atoms with van der Waals surface area (Å²) in [7, 11) is 3.30. The lowest BCUT2D eigenvalue weighted by Gasteiger charge is -2.12. The van der Waals surface area contributed by atoms with Crippen LogP contribution in [0.15, 0.2) is 42.6 Å². The predicted molar refractivity (Wildman–Crippen MR) is 118 cm³/mol. The Morgan fingerprint density at radius 3 is 2.70 bits per heavy atom. The molecule has 1 amide bonds. The van der Waals surface area contributed by atoms with Crippen LogP contribution in [-0.4, -0.2) is 29.4 Å². The molecule has 0 aliphatic carbocycles. The van der Waals surface area contributed by atoms with E-state index in [0.29, 0.717) is 27.4 Å². The monoisotopic (exact) mass is 443 g/mol. The average Bonchev–Trinajstić information content (AvgIpc) is 3.09. The zero-order chi connectivity index (χ0) is 21.7. The van der Waals surface area contributed by atoms with Crippen LogP contribution in [0, 0.1) is 12.3 Å². The Morgan fingerprint density at radius 2 is 2.00 bits per heavy atom. The van der Waals surface area contributed by atoms with Gasteiger partial charge in [-0.2, -0.15) is 5.10 Å². The number of nitrogens with one attached hydrogen (secondary N) is 1. The highest BCUT2D eigenvalue weighted by Gasteiger charge is 2.16. The van der Waals surface area contributed by atoms with Gasteiger partial charge in [-0.05, 0) is 35.4 Å². The third-order valence-corrected chi connectivity index (χ3v) is 5.07. The molecule has 2 aromatic carbocycles. The molecule has 154 valence electrons. The standard InChI is InChI=1S/C22H19Cl2N3O3/c1-4-9-30-19-8-6-15(12-20(19)29-3)16-13-25-27(2)22(16)26-21(28)11-14-5-7-17(23)18(24)10-14/h1,5-8,10,12-13H,9,11H2,2-3H3,(H,26,28). The molecule has 0 aliphatic heterocycles. The SMILES string of the molecule is C#CCOc1ccc(-c2cnn(C)c2NC(=O)Cc2ccc(Cl)c(Cl)c2)cc1OC. The second-order valence-electron chi connectivity index (χ2n) is 6.36. The molecule has 0 bridgehead atoms. The Morgan fingerprint density at radius 1 is 1.20 bits per heavy atom. The van der Waals surface area contributed by atoms with Gasteiger partial charge in [-0.15, -0.1) is 6.42 Å². The summed E-state index contributed by atoms with van der Waals surface area (Å²) in [5.41, 5.74) is 2.29. The van der Waals surface area contributed by atoms with E-state index in [-0.39, 0.29) is 18.9 Å². The van der Waals surface area contributed by atoms with Crippen LogP contribution in [0.4, 0.5) is 5.82 Å². The summed E-state index contributed by atoms with van der Waals surface area (Å²) in [6.07, 6.45) is 7.06. The lowest BCUT2D eigenvalue weighted by Crippen LogP contribution is -2.17. The molecule has 1 N–H and O–H groups in total. The van der Waals surface area contributed by atoms with E-state index >= 15 is 0 Å². The summed E-state index contributed by atoms with van der Waals surface area (Å²) in [6.45, 7) is 0.138. The number of anilines is 1. The number of benzene rings is 2. The summed E-state index contributed by atoms with van der Waals surface area (Å²) in [4.78, 5) is 12.6. The Hall–Kier alpha value is -3.14. The van der Waals surface area contributed by atoms with E-state index in [1.165, 1.54) is 0 Å². The highest BCUT2D eigenvalue weighted by Crippen LogP contribution is 2.35. The molecule has 3 rings (SSSR count). The smallest absolute Gasteiger partial charge is 0.229 e. The van der Waals surface area contributed by atoms with Gasteiger partial charge in [-0.1, -0.05) is 41.3 Å². The zero-order valence-electron chi connectivity index (χ0n) is 16.4. The van der Waals surface area contributed by atoms with Crippen molar-refractivity contribution in [1.29, 1.82) is 0 Å². The molecule has 8 heteroatoms. The number of carbonyl (C=O) groups excluding carboxylic acids is 1. The minimum absolute atomic E-state index is 0.138. The Bertz CT molecular complexity index is 1120. The van der Waals surface area contributed by atoms with Crippen molar-refractivity contribution < 1.29 is 14.3 Å². The highest BCUT2D eigenvalue weighted by atomic mass is 35.5. The Balaban J connectivity index is 1.83. The molecular formula is C22H19Cl2N3O3. The van der Waals surface area contributed by atoms with Gasteiger partial charge in [0.2, 0.25) is 5.91 Å². The second-order valence-corrected chi connectivity index (χ2v) is 7.18. The third-order valence-electron chi connectivity index (χ3n) is 4.33. The fourth-order valence-electron chi connectivity index (χ4n) is 2.88. The summed E-state index contributed by atoms with van der Waals surface area (Å²) >= 11 is 12.0. The quantitative estimate of drug-likeness (QED) is 0.542. The number of aromatic nitrogens is 2. The molecule has 6 nitrogen and oxygen atoms in total. The highest BCUT2D eigenvalue weighted by molar-refractivity contribution is 6.42. The Labute approximate surface area is 184 Å². The summed E-state index contributed by atoms with van der Waals surface area (Å²) in [5, 5.41) is 8.03. The van der Waals surface area contributed by atoms with E-state index in [4.69, 9.17) is 39.1 Å². The van der Waals surface area contributed by atoms with E-state index in [0.717, 1.165) is 16.7 Å². The fourth-order valence-corrected chi connectivity index (χ4v) is 3.20. The van der Waals surface area contributed by atoms with Crippen molar-refractivity contribution in [2.45, 2.75) is 6.42 Å². The number of halogens is 2. The van der Waals surface area contributed by atoms with Gasteiger partial charge in [-0.3, -0.25) is 9.48 Å². The van der Waals surface area contributed by atoms with Crippen molar-refractivity contribution in [3.05, 3.63) is 58.2 Å². The number of hydrogen-bond donors (Lipinski definition) is 1. The first-order chi connectivity index (χ1) is 14.4. The Kier molecular flexibility index (Phi) is 6.88. The van der Waals surface area contributed by atoms with Crippen LogP contribution < -0.4 is 14.8 Å². The molecule has 0 unspecified atom stereocenters. The molecular weight excluding hydrogens is 425 g/mol. The van der Waals surface area contributed by atoms with Gasteiger partial charge in [-0.25, -0.2) is 0 Å². The van der Waals surface area contributed by atoms with Gasteiger partial charge in [0.1, 0.15) is 12.4 Å². The predicted octanol–water partition coefficient (Wildman–Crippen LogP) is 4.60. The molecule has 1 heterocycles. The van der Waals surface area contributed by atoms with Gasteiger partial charge >= 0.3 is 0 Å². The molecule has 0 saturated heterocycles. The van der Waals surface area contributed by atoms with Gasteiger partial charge < -0.3 is 14.8 Å². The van der Waals surface area contributed by atoms with E-state index in [1.54, 1.807) is 55.4 Å². The molecule has 0 fully saturated rings. The molecule has 3 aromatic rings. The largest absolute Gasteiger partial charge is 0.493 e. The first kappa shape index (κ1) is 21.6. The molecule has 0 aliphatic rings. The van der Waals surface area contributed by atoms with Crippen molar-refractivity contribution in [3.63, 3.8) is 0 Å². The number of amides is 1. The van der Waals surface area contributed by atoms with Gasteiger partial charge in [0, 0.05) is 12.6 Å². The van der Waals surface area contributed by atoms with Gasteiger partial charge in [0.25, 0.3) is 0 Å². The minimum atomic E-state index is -0.209. The van der Waals surface area contributed by atoms with Crippen molar-refractivity contribution in [1.82, 2.24) is 9.78 Å². The zero-order valence-corrected chi connectivity index (χ0v) is 17.9. The van der Waals surface area contributed by atoms with Crippen molar-refractivity contribution in [2.24, 2.45) is 7.05 Å². The van der Waals surface area contributed by atoms with Gasteiger partial charge in [0.15, 0.2) is 11.5 Å². The second kappa shape index (κ2) is 9.57. The molecule has 0 atom stereocenters. The maximum Gasteiger partial charge on any atom is 0.229 e. The van der Waals surface area contributed by atoms with Crippen molar-refractivity contribution in [2.75, 3.05) is 19.0 Å². The van der Waals surface area contributed by atoms with Crippen LogP contribution in [0.2, 0.25) is 10.0 Å². The number of methoxy groups -OCH3 is 1. The van der Waals surface area contributed by atoms with Crippen LogP contribution in [0.25, 0.3) is 11.1 Å². The molecule has 0 radical (unpaired) electrons. The van der Waals surface area contributed by atoms with Gasteiger partial charge in [0.05, 0.1) is 29.8 Å². The average molecular weight is 444 g/mol. The first-order valence-corrected chi connectivity index (χ1v) is 9.69. The number of terminal acetylenes is 1. The van der Waals surface area contributed by atoms with Crippen molar-refractivity contribution in [3.8, 4) is 35.0 Å². The number of hydrogen-bond acceptors (Lipinski definition) is 4. The number of aryl methyl sites for hydroxylation is 1. The number of ether oxygens (including phenoxy) is 2. The molecule has 0 saturated carbocycles. The van der Waals surface area contributed by atoms with Crippen LogP contribution in [0.1, 0.15) is 5.56 Å². The van der Waals surface area contributed by atoms with Crippen LogP contribution >= 0.6 is 23.2 Å². The van der Waals surface area contributed by atoms with Crippen LogP contribution in [0.5, 0.6) is 11.5 Å². The maximum absolute atomic E-state index is 12.6. The molecule has 30 heavy (non-hydrogen) atoms. The maximum atomic E-state index is 12.6. The number of nitrogens with zero attached hydrogens (tertiary/aromatic N) is 2. The number of carbonyl (C=O) groups is 1. The lowest BCUT2D eigenvalue weighted by molar-refractivity contribution is -0.115.